The lowest BCUT2D eigenvalue weighted by atomic mass is 10.1. The lowest BCUT2D eigenvalue weighted by molar-refractivity contribution is -0.139. The summed E-state index contributed by atoms with van der Waals surface area (Å²) in [5.41, 5.74) is 3.12. The lowest BCUT2D eigenvalue weighted by Gasteiger charge is -2.32. The van der Waals surface area contributed by atoms with E-state index < -0.39 is 28.5 Å². The second-order valence-corrected chi connectivity index (χ2v) is 12.5. The SMILES string of the molecule is CC[C@@H](C)NC(=O)[C@H](C)N(Cc1ccccc1C)C(=O)CN(c1ccc(Br)cc1)S(=O)(=O)c1ccc(C)cc1. The van der Waals surface area contributed by atoms with Crippen molar-refractivity contribution in [3.05, 3.63) is 94.0 Å². The van der Waals surface area contributed by atoms with Gasteiger partial charge in [0.15, 0.2) is 0 Å². The van der Waals surface area contributed by atoms with Gasteiger partial charge in [0.1, 0.15) is 12.6 Å². The molecule has 0 fully saturated rings. The Balaban J connectivity index is 2.03. The molecule has 0 aliphatic rings. The Morgan fingerprint density at radius 3 is 2.13 bits per heavy atom. The zero-order chi connectivity index (χ0) is 28.7. The van der Waals surface area contributed by atoms with E-state index in [0.29, 0.717) is 5.69 Å². The molecular formula is C30H36BrN3O4S. The number of carbonyl (C=O) groups excluding carboxylic acids is 2. The number of anilines is 1. The smallest absolute Gasteiger partial charge is 0.264 e. The Morgan fingerprint density at radius 1 is 0.923 bits per heavy atom. The van der Waals surface area contributed by atoms with E-state index in [1.165, 1.54) is 17.0 Å². The van der Waals surface area contributed by atoms with Gasteiger partial charge in [-0.25, -0.2) is 8.42 Å². The van der Waals surface area contributed by atoms with Crippen LogP contribution in [0.3, 0.4) is 0 Å². The van der Waals surface area contributed by atoms with Gasteiger partial charge in [-0.2, -0.15) is 0 Å². The Morgan fingerprint density at radius 2 is 1.54 bits per heavy atom. The van der Waals surface area contributed by atoms with Gasteiger partial charge in [-0.15, -0.1) is 0 Å². The fourth-order valence-electron chi connectivity index (χ4n) is 3.99. The molecular weight excluding hydrogens is 578 g/mol. The molecule has 0 aliphatic carbocycles. The third-order valence-electron chi connectivity index (χ3n) is 6.77. The Kier molecular flexibility index (Phi) is 10.3. The number of aryl methyl sites for hydroxylation is 2. The van der Waals surface area contributed by atoms with Gasteiger partial charge in [0.25, 0.3) is 10.0 Å². The first-order valence-corrected chi connectivity index (χ1v) is 15.2. The van der Waals surface area contributed by atoms with E-state index in [1.54, 1.807) is 43.3 Å². The van der Waals surface area contributed by atoms with Crippen LogP contribution in [0, 0.1) is 13.8 Å². The van der Waals surface area contributed by atoms with Gasteiger partial charge >= 0.3 is 0 Å². The molecule has 0 heterocycles. The number of halogens is 1. The van der Waals surface area contributed by atoms with Gasteiger partial charge < -0.3 is 10.2 Å². The molecule has 0 saturated heterocycles. The molecule has 0 bridgehead atoms. The minimum absolute atomic E-state index is 0.0588. The van der Waals surface area contributed by atoms with Crippen molar-refractivity contribution in [2.24, 2.45) is 0 Å². The maximum absolute atomic E-state index is 14.0. The van der Waals surface area contributed by atoms with E-state index in [2.05, 4.69) is 21.2 Å². The van der Waals surface area contributed by atoms with Gasteiger partial charge in [-0.1, -0.05) is 64.8 Å². The summed E-state index contributed by atoms with van der Waals surface area (Å²) in [5.74, 6) is -0.772. The number of benzene rings is 3. The number of hydrogen-bond acceptors (Lipinski definition) is 4. The van der Waals surface area contributed by atoms with Crippen molar-refractivity contribution in [3.8, 4) is 0 Å². The number of nitrogens with zero attached hydrogens (tertiary/aromatic N) is 2. The highest BCUT2D eigenvalue weighted by Crippen LogP contribution is 2.26. The summed E-state index contributed by atoms with van der Waals surface area (Å²) in [6, 6.07) is 20.0. The Bertz CT molecular complexity index is 1390. The molecule has 0 aromatic heterocycles. The molecule has 0 unspecified atom stereocenters. The van der Waals surface area contributed by atoms with E-state index >= 15 is 0 Å². The van der Waals surface area contributed by atoms with Gasteiger partial charge in [-0.05, 0) is 81.6 Å². The summed E-state index contributed by atoms with van der Waals surface area (Å²) in [5, 5.41) is 2.95. The van der Waals surface area contributed by atoms with Crippen molar-refractivity contribution in [1.82, 2.24) is 10.2 Å². The van der Waals surface area contributed by atoms with E-state index in [4.69, 9.17) is 0 Å². The van der Waals surface area contributed by atoms with Gasteiger partial charge in [0, 0.05) is 17.1 Å². The van der Waals surface area contributed by atoms with Crippen LogP contribution in [-0.2, 0) is 26.2 Å². The third-order valence-corrected chi connectivity index (χ3v) is 9.09. The molecule has 7 nitrogen and oxygen atoms in total. The predicted molar refractivity (Wildman–Crippen MR) is 159 cm³/mol. The standard InChI is InChI=1S/C30H36BrN3O4S/c1-6-23(4)32-30(36)24(5)33(19-25-10-8-7-9-22(25)3)29(35)20-34(27-15-13-26(31)14-16-27)39(37,38)28-17-11-21(2)12-18-28/h7-18,23-24H,6,19-20H2,1-5H3,(H,32,36)/t23-,24+/m1/s1. The summed E-state index contributed by atoms with van der Waals surface area (Å²) in [6.45, 7) is 9.06. The minimum Gasteiger partial charge on any atom is -0.352 e. The van der Waals surface area contributed by atoms with Crippen molar-refractivity contribution in [3.63, 3.8) is 0 Å². The fraction of sp³-hybridized carbons (Fsp3) is 0.333. The Hall–Kier alpha value is -3.17. The van der Waals surface area contributed by atoms with Gasteiger partial charge in [0.05, 0.1) is 10.6 Å². The van der Waals surface area contributed by atoms with Crippen LogP contribution in [-0.4, -0.2) is 43.8 Å². The van der Waals surface area contributed by atoms with Crippen LogP contribution in [0.1, 0.15) is 43.9 Å². The number of sulfonamides is 1. The van der Waals surface area contributed by atoms with Crippen LogP contribution in [0.2, 0.25) is 0 Å². The predicted octanol–water partition coefficient (Wildman–Crippen LogP) is 5.59. The van der Waals surface area contributed by atoms with E-state index in [9.17, 15) is 18.0 Å². The zero-order valence-corrected chi connectivity index (χ0v) is 25.4. The van der Waals surface area contributed by atoms with E-state index in [0.717, 1.165) is 31.9 Å². The number of amides is 2. The van der Waals surface area contributed by atoms with Crippen molar-refractivity contribution in [1.29, 1.82) is 0 Å². The minimum atomic E-state index is -4.09. The normalized spacial score (nSPS) is 12.9. The first-order valence-electron chi connectivity index (χ1n) is 12.9. The van der Waals surface area contributed by atoms with Crippen molar-refractivity contribution in [2.45, 2.75) is 64.6 Å². The molecule has 9 heteroatoms. The molecule has 3 aromatic rings. The van der Waals surface area contributed by atoms with Crippen LogP contribution in [0.4, 0.5) is 5.69 Å². The molecule has 39 heavy (non-hydrogen) atoms. The molecule has 0 aliphatic heterocycles. The Labute approximate surface area is 240 Å². The lowest BCUT2D eigenvalue weighted by Crippen LogP contribution is -2.52. The second kappa shape index (κ2) is 13.3. The van der Waals surface area contributed by atoms with Crippen molar-refractivity contribution >= 4 is 43.5 Å². The molecule has 1 N–H and O–H groups in total. The van der Waals surface area contributed by atoms with Crippen LogP contribution in [0.15, 0.2) is 82.2 Å². The summed E-state index contributed by atoms with van der Waals surface area (Å²) in [7, 11) is -4.09. The average Bonchev–Trinajstić information content (AvgIpc) is 2.91. The summed E-state index contributed by atoms with van der Waals surface area (Å²) < 4.78 is 29.6. The van der Waals surface area contributed by atoms with E-state index in [-0.39, 0.29) is 23.4 Å². The van der Waals surface area contributed by atoms with Crippen LogP contribution < -0.4 is 9.62 Å². The maximum atomic E-state index is 14.0. The molecule has 3 rings (SSSR count). The number of hydrogen-bond donors (Lipinski definition) is 1. The van der Waals surface area contributed by atoms with E-state index in [1.807, 2.05) is 52.0 Å². The molecule has 2 atom stereocenters. The van der Waals surface area contributed by atoms with Gasteiger partial charge in [-0.3, -0.25) is 13.9 Å². The average molecular weight is 615 g/mol. The van der Waals surface area contributed by atoms with Crippen LogP contribution in [0.25, 0.3) is 0 Å². The number of rotatable bonds is 11. The summed E-state index contributed by atoms with van der Waals surface area (Å²) >= 11 is 3.39. The molecule has 208 valence electrons. The zero-order valence-electron chi connectivity index (χ0n) is 23.0. The fourth-order valence-corrected chi connectivity index (χ4v) is 5.67. The summed E-state index contributed by atoms with van der Waals surface area (Å²) in [4.78, 5) is 28.6. The topological polar surface area (TPSA) is 86.8 Å². The second-order valence-electron chi connectivity index (χ2n) is 9.74. The summed E-state index contributed by atoms with van der Waals surface area (Å²) in [6.07, 6.45) is 0.746. The first kappa shape index (κ1) is 30.4. The number of nitrogens with one attached hydrogen (secondary N) is 1. The monoisotopic (exact) mass is 613 g/mol. The third kappa shape index (κ3) is 7.70. The maximum Gasteiger partial charge on any atom is 0.264 e. The highest BCUT2D eigenvalue weighted by molar-refractivity contribution is 9.10. The first-order chi connectivity index (χ1) is 18.4. The van der Waals surface area contributed by atoms with Crippen molar-refractivity contribution < 1.29 is 18.0 Å². The van der Waals surface area contributed by atoms with Crippen molar-refractivity contribution in [2.75, 3.05) is 10.8 Å². The molecule has 3 aromatic carbocycles. The largest absolute Gasteiger partial charge is 0.352 e. The highest BCUT2D eigenvalue weighted by atomic mass is 79.9. The van der Waals surface area contributed by atoms with Gasteiger partial charge in [0.2, 0.25) is 11.8 Å². The molecule has 0 saturated carbocycles. The molecule has 2 amide bonds. The number of carbonyl (C=O) groups is 2. The molecule has 0 spiro atoms. The molecule has 0 radical (unpaired) electrons. The quantitative estimate of drug-likeness (QED) is 0.305. The van der Waals surface area contributed by atoms with Crippen LogP contribution >= 0.6 is 15.9 Å². The van der Waals surface area contributed by atoms with Crippen LogP contribution in [0.5, 0.6) is 0 Å². The highest BCUT2D eigenvalue weighted by Gasteiger charge is 2.33.